The maximum absolute atomic E-state index is 12.5. The van der Waals surface area contributed by atoms with Crippen molar-refractivity contribution in [1.29, 1.82) is 0 Å². The Balaban J connectivity index is 1.36. The molecule has 168 valence electrons. The van der Waals surface area contributed by atoms with Crippen molar-refractivity contribution in [3.63, 3.8) is 0 Å². The number of imidazole rings is 1. The molecule has 0 saturated carbocycles. The van der Waals surface area contributed by atoms with E-state index < -0.39 is 0 Å². The fourth-order valence-corrected chi connectivity index (χ4v) is 4.01. The summed E-state index contributed by atoms with van der Waals surface area (Å²) >= 11 is 1.35. The Morgan fingerprint density at radius 3 is 2.67 bits per heavy atom. The molecule has 8 heteroatoms. The lowest BCUT2D eigenvalue weighted by atomic mass is 10.1. The van der Waals surface area contributed by atoms with Crippen LogP contribution in [0.1, 0.15) is 27.2 Å². The van der Waals surface area contributed by atoms with Gasteiger partial charge >= 0.3 is 0 Å². The van der Waals surface area contributed by atoms with Gasteiger partial charge in [0, 0.05) is 29.3 Å². The van der Waals surface area contributed by atoms with Crippen molar-refractivity contribution in [2.24, 2.45) is 0 Å². The number of benzene rings is 2. The van der Waals surface area contributed by atoms with E-state index in [-0.39, 0.29) is 17.6 Å². The van der Waals surface area contributed by atoms with Crippen LogP contribution in [0.2, 0.25) is 0 Å². The number of nitrogens with zero attached hydrogens (tertiary/aromatic N) is 2. The first kappa shape index (κ1) is 22.4. The summed E-state index contributed by atoms with van der Waals surface area (Å²) in [5, 5.41) is 6.49. The number of hydrogen-bond donors (Lipinski definition) is 2. The lowest BCUT2D eigenvalue weighted by molar-refractivity contribution is -0.113. The summed E-state index contributed by atoms with van der Waals surface area (Å²) in [7, 11) is 0. The quantitative estimate of drug-likeness (QED) is 0.371. The van der Waals surface area contributed by atoms with Crippen LogP contribution < -0.4 is 10.6 Å². The van der Waals surface area contributed by atoms with Crippen LogP contribution in [0.3, 0.4) is 0 Å². The Morgan fingerprint density at radius 1 is 1.09 bits per heavy atom. The van der Waals surface area contributed by atoms with Gasteiger partial charge in [-0.05, 0) is 67.4 Å². The van der Waals surface area contributed by atoms with Gasteiger partial charge in [-0.3, -0.25) is 14.2 Å². The lowest BCUT2D eigenvalue weighted by Gasteiger charge is -2.10. The summed E-state index contributed by atoms with van der Waals surface area (Å²) in [6, 6.07) is 16.8. The highest BCUT2D eigenvalue weighted by Crippen LogP contribution is 2.22. The number of amides is 2. The molecule has 2 aromatic carbocycles. The SMILES string of the molecule is Cc1ccc(C)c(NC(=O)CSc2nccn2-c2ccc(C(=O)NCc3ccco3)cc2)c1. The number of hydrogen-bond acceptors (Lipinski definition) is 5. The largest absolute Gasteiger partial charge is 0.467 e. The van der Waals surface area contributed by atoms with Gasteiger partial charge in [0.05, 0.1) is 18.6 Å². The third kappa shape index (κ3) is 5.72. The number of anilines is 1. The Morgan fingerprint density at radius 2 is 1.91 bits per heavy atom. The van der Waals surface area contributed by atoms with Gasteiger partial charge in [0.2, 0.25) is 5.91 Å². The predicted octanol–water partition coefficient (Wildman–Crippen LogP) is 4.74. The summed E-state index contributed by atoms with van der Waals surface area (Å²) < 4.78 is 7.12. The normalized spacial score (nSPS) is 10.7. The van der Waals surface area contributed by atoms with E-state index in [2.05, 4.69) is 15.6 Å². The molecule has 0 aliphatic heterocycles. The monoisotopic (exact) mass is 460 g/mol. The highest BCUT2D eigenvalue weighted by Gasteiger charge is 2.12. The van der Waals surface area contributed by atoms with Crippen LogP contribution >= 0.6 is 11.8 Å². The molecule has 0 unspecified atom stereocenters. The molecule has 0 saturated heterocycles. The maximum atomic E-state index is 12.5. The van der Waals surface area contributed by atoms with Crippen molar-refractivity contribution in [2.45, 2.75) is 25.5 Å². The zero-order valence-electron chi connectivity index (χ0n) is 18.4. The van der Waals surface area contributed by atoms with Crippen LogP contribution in [-0.2, 0) is 11.3 Å². The Bertz CT molecular complexity index is 1250. The molecule has 7 nitrogen and oxygen atoms in total. The molecule has 2 amide bonds. The van der Waals surface area contributed by atoms with Crippen molar-refractivity contribution in [1.82, 2.24) is 14.9 Å². The van der Waals surface area contributed by atoms with Gasteiger partial charge in [-0.1, -0.05) is 23.9 Å². The Hall–Kier alpha value is -3.78. The van der Waals surface area contributed by atoms with E-state index >= 15 is 0 Å². The topological polar surface area (TPSA) is 89.2 Å². The van der Waals surface area contributed by atoms with Crippen LogP contribution in [0.25, 0.3) is 5.69 Å². The highest BCUT2D eigenvalue weighted by atomic mass is 32.2. The lowest BCUT2D eigenvalue weighted by Crippen LogP contribution is -2.22. The second-order valence-electron chi connectivity index (χ2n) is 7.54. The molecule has 2 aromatic heterocycles. The number of aryl methyl sites for hydroxylation is 2. The minimum atomic E-state index is -0.179. The van der Waals surface area contributed by atoms with Crippen LogP contribution in [0.15, 0.2) is 82.8 Å². The van der Waals surface area contributed by atoms with E-state index in [4.69, 9.17) is 4.42 Å². The molecular weight excluding hydrogens is 436 g/mol. The van der Waals surface area contributed by atoms with Gasteiger partial charge in [-0.2, -0.15) is 0 Å². The van der Waals surface area contributed by atoms with Gasteiger partial charge in [0.15, 0.2) is 5.16 Å². The first-order chi connectivity index (χ1) is 16.0. The highest BCUT2D eigenvalue weighted by molar-refractivity contribution is 7.99. The minimum absolute atomic E-state index is 0.0909. The second kappa shape index (κ2) is 10.2. The molecule has 33 heavy (non-hydrogen) atoms. The number of aromatic nitrogens is 2. The van der Waals surface area contributed by atoms with Crippen molar-refractivity contribution in [2.75, 3.05) is 11.1 Å². The number of furan rings is 1. The first-order valence-corrected chi connectivity index (χ1v) is 11.4. The van der Waals surface area contributed by atoms with Crippen LogP contribution in [0.4, 0.5) is 5.69 Å². The Labute approximate surface area is 196 Å². The van der Waals surface area contributed by atoms with Crippen molar-refractivity contribution >= 4 is 29.3 Å². The van der Waals surface area contributed by atoms with E-state index in [9.17, 15) is 9.59 Å². The molecular formula is C25H24N4O3S. The number of carbonyl (C=O) groups excluding carboxylic acids is 2. The van der Waals surface area contributed by atoms with E-state index in [0.29, 0.717) is 23.0 Å². The molecule has 4 aromatic rings. The fourth-order valence-electron chi connectivity index (χ4n) is 3.24. The molecule has 0 atom stereocenters. The zero-order chi connectivity index (χ0) is 23.2. The van der Waals surface area contributed by atoms with E-state index in [1.54, 1.807) is 30.7 Å². The van der Waals surface area contributed by atoms with Crippen molar-refractivity contribution < 1.29 is 14.0 Å². The van der Waals surface area contributed by atoms with E-state index in [1.807, 2.05) is 61.0 Å². The molecule has 0 spiro atoms. The fraction of sp³-hybridized carbons (Fsp3) is 0.160. The molecule has 0 bridgehead atoms. The molecule has 0 fully saturated rings. The average molecular weight is 461 g/mol. The standard InChI is InChI=1S/C25H24N4O3S/c1-17-5-6-18(2)22(14-17)28-23(30)16-33-25-26-11-12-29(25)20-9-7-19(8-10-20)24(31)27-15-21-4-3-13-32-21/h3-14H,15-16H2,1-2H3,(H,27,31)(H,28,30). The predicted molar refractivity (Wildman–Crippen MR) is 129 cm³/mol. The molecule has 0 aliphatic carbocycles. The third-order valence-corrected chi connectivity index (χ3v) is 5.98. The number of thioether (sulfide) groups is 1. The summed E-state index contributed by atoms with van der Waals surface area (Å²) in [4.78, 5) is 29.2. The van der Waals surface area contributed by atoms with Gasteiger partial charge in [-0.15, -0.1) is 0 Å². The number of nitrogens with one attached hydrogen (secondary N) is 2. The number of rotatable bonds is 8. The van der Waals surface area contributed by atoms with Crippen molar-refractivity contribution in [3.8, 4) is 5.69 Å². The number of carbonyl (C=O) groups is 2. The molecule has 2 heterocycles. The molecule has 4 rings (SSSR count). The Kier molecular flexibility index (Phi) is 6.95. The second-order valence-corrected chi connectivity index (χ2v) is 8.49. The molecule has 2 N–H and O–H groups in total. The van der Waals surface area contributed by atoms with E-state index in [0.717, 1.165) is 22.5 Å². The molecule has 0 radical (unpaired) electrons. The van der Waals surface area contributed by atoms with Crippen LogP contribution in [-0.4, -0.2) is 27.1 Å². The third-order valence-electron chi connectivity index (χ3n) is 5.02. The zero-order valence-corrected chi connectivity index (χ0v) is 19.2. The van der Waals surface area contributed by atoms with E-state index in [1.165, 1.54) is 11.8 Å². The van der Waals surface area contributed by atoms with Crippen LogP contribution in [0.5, 0.6) is 0 Å². The summed E-state index contributed by atoms with van der Waals surface area (Å²) in [5.41, 5.74) is 4.34. The van der Waals surface area contributed by atoms with Gasteiger partial charge in [-0.25, -0.2) is 4.98 Å². The van der Waals surface area contributed by atoms with Crippen LogP contribution in [0, 0.1) is 13.8 Å². The van der Waals surface area contributed by atoms with Crippen molar-refractivity contribution in [3.05, 3.63) is 95.7 Å². The summed E-state index contributed by atoms with van der Waals surface area (Å²) in [6.45, 7) is 4.30. The summed E-state index contributed by atoms with van der Waals surface area (Å²) in [6.07, 6.45) is 5.09. The van der Waals surface area contributed by atoms with Gasteiger partial charge in [0.1, 0.15) is 5.76 Å². The smallest absolute Gasteiger partial charge is 0.251 e. The first-order valence-electron chi connectivity index (χ1n) is 10.4. The maximum Gasteiger partial charge on any atom is 0.251 e. The summed E-state index contributed by atoms with van der Waals surface area (Å²) in [5.74, 6) is 0.660. The van der Waals surface area contributed by atoms with Gasteiger partial charge in [0.25, 0.3) is 5.91 Å². The average Bonchev–Trinajstić information content (AvgIpc) is 3.51. The van der Waals surface area contributed by atoms with Gasteiger partial charge < -0.3 is 15.1 Å². The minimum Gasteiger partial charge on any atom is -0.467 e. The molecule has 0 aliphatic rings.